The second-order valence-corrected chi connectivity index (χ2v) is 5.38. The molecule has 0 radical (unpaired) electrons. The minimum absolute atomic E-state index is 0.0363. The van der Waals surface area contributed by atoms with Gasteiger partial charge in [0, 0.05) is 11.1 Å². The van der Waals surface area contributed by atoms with Gasteiger partial charge in [0.2, 0.25) is 0 Å². The lowest BCUT2D eigenvalue weighted by atomic mass is 9.98. The van der Waals surface area contributed by atoms with Crippen molar-refractivity contribution in [1.29, 1.82) is 0 Å². The first-order valence-electron chi connectivity index (χ1n) is 6.66. The third kappa shape index (κ3) is 2.70. The molecule has 1 N–H and O–H groups in total. The third-order valence-electron chi connectivity index (χ3n) is 3.43. The second kappa shape index (κ2) is 6.20. The molecule has 0 atom stereocenters. The maximum absolute atomic E-state index is 14.1. The third-order valence-corrected chi connectivity index (χ3v) is 3.94. The molecule has 3 rings (SSSR count). The number of hydrogen-bond acceptors (Lipinski definition) is 2. The topological polar surface area (TPSA) is 20.2 Å². The molecule has 0 saturated heterocycles. The first-order valence-corrected chi connectivity index (χ1v) is 7.38. The van der Waals surface area contributed by atoms with Crippen LogP contribution in [-0.4, -0.2) is 5.11 Å². The smallest absolute Gasteiger partial charge is 0.132 e. The van der Waals surface area contributed by atoms with Crippen molar-refractivity contribution < 1.29 is 13.4 Å². The highest BCUT2D eigenvalue weighted by Crippen LogP contribution is 2.40. The maximum Gasteiger partial charge on any atom is 0.132 e. The minimum atomic E-state index is -0.567. The summed E-state index contributed by atoms with van der Waals surface area (Å²) in [6.45, 7) is 0. The number of rotatable bonds is 3. The average Bonchev–Trinajstić information content (AvgIpc) is 2.56. The Bertz CT molecular complexity index is 803. The van der Waals surface area contributed by atoms with Crippen molar-refractivity contribution in [1.82, 2.24) is 0 Å². The number of hydrogen-bond donors (Lipinski definition) is 1. The van der Waals surface area contributed by atoms with Gasteiger partial charge in [0.25, 0.3) is 0 Å². The summed E-state index contributed by atoms with van der Waals surface area (Å²) in [6.07, 6.45) is 0. The van der Waals surface area contributed by atoms with Crippen LogP contribution in [0.15, 0.2) is 71.6 Å². The summed E-state index contributed by atoms with van der Waals surface area (Å²) in [5, 5.41) is 10.1. The molecule has 4 heteroatoms. The molecule has 0 heterocycles. The molecule has 0 bridgehead atoms. The van der Waals surface area contributed by atoms with Crippen molar-refractivity contribution in [2.75, 3.05) is 0 Å². The van der Waals surface area contributed by atoms with Gasteiger partial charge in [-0.3, -0.25) is 0 Å². The van der Waals surface area contributed by atoms with Gasteiger partial charge in [-0.25, -0.2) is 4.39 Å². The monoisotopic (exact) mass is 314 g/mol. The molecular weight excluding hydrogens is 302 g/mol. The molecule has 0 aliphatic rings. The van der Waals surface area contributed by atoms with Crippen molar-refractivity contribution in [3.8, 4) is 28.0 Å². The molecular formula is C18H12F2OS. The fourth-order valence-corrected chi connectivity index (χ4v) is 2.79. The van der Waals surface area contributed by atoms with Crippen molar-refractivity contribution in [2.45, 2.75) is 4.90 Å². The molecule has 1 nitrogen and oxygen atoms in total. The van der Waals surface area contributed by atoms with Gasteiger partial charge in [-0.2, -0.15) is 3.89 Å². The number of phenols is 1. The first kappa shape index (κ1) is 14.6. The Balaban J connectivity index is 2.20. The van der Waals surface area contributed by atoms with Crippen molar-refractivity contribution in [3.05, 3.63) is 72.5 Å². The fourth-order valence-electron chi connectivity index (χ4n) is 2.38. The van der Waals surface area contributed by atoms with Gasteiger partial charge in [0.1, 0.15) is 11.6 Å². The van der Waals surface area contributed by atoms with Gasteiger partial charge in [-0.15, -0.1) is 0 Å². The Morgan fingerprint density at radius 3 is 2.32 bits per heavy atom. The van der Waals surface area contributed by atoms with Crippen LogP contribution in [0.4, 0.5) is 8.28 Å². The quantitative estimate of drug-likeness (QED) is 0.655. The van der Waals surface area contributed by atoms with Gasteiger partial charge in [0.15, 0.2) is 0 Å². The van der Waals surface area contributed by atoms with Crippen LogP contribution in [0.5, 0.6) is 5.75 Å². The Labute approximate surface area is 131 Å². The van der Waals surface area contributed by atoms with E-state index in [2.05, 4.69) is 0 Å². The van der Waals surface area contributed by atoms with E-state index in [-0.39, 0.29) is 33.9 Å². The second-order valence-electron chi connectivity index (χ2n) is 4.79. The summed E-state index contributed by atoms with van der Waals surface area (Å²) in [6, 6.07) is 18.6. The van der Waals surface area contributed by atoms with Crippen LogP contribution in [0.2, 0.25) is 0 Å². The Kier molecular flexibility index (Phi) is 4.11. The minimum Gasteiger partial charge on any atom is -0.507 e. The number of phenolic OH excluding ortho intramolecular Hbond substituents is 1. The molecule has 0 fully saturated rings. The summed E-state index contributed by atoms with van der Waals surface area (Å²) in [5.74, 6) is -0.650. The van der Waals surface area contributed by atoms with Gasteiger partial charge < -0.3 is 5.11 Å². The summed E-state index contributed by atoms with van der Waals surface area (Å²) in [5.41, 5.74) is 2.12. The van der Waals surface area contributed by atoms with Gasteiger partial charge in [-0.1, -0.05) is 42.5 Å². The lowest BCUT2D eigenvalue weighted by Crippen LogP contribution is -1.89. The summed E-state index contributed by atoms with van der Waals surface area (Å²) < 4.78 is 27.2. The SMILES string of the molecule is Oc1ccc(-c2ccccc2)cc1-c1c(F)cccc1SF. The summed E-state index contributed by atoms with van der Waals surface area (Å²) in [7, 11) is 0. The standard InChI is InChI=1S/C18H12F2OS/c19-15-7-4-8-17(22-20)18(15)14-11-13(9-10-16(14)21)12-5-2-1-3-6-12/h1-11,21H. The van der Waals surface area contributed by atoms with E-state index in [4.69, 9.17) is 0 Å². The molecule has 110 valence electrons. The van der Waals surface area contributed by atoms with Crippen LogP contribution in [0.1, 0.15) is 0 Å². The molecule has 0 spiro atoms. The Hall–Kier alpha value is -2.33. The van der Waals surface area contributed by atoms with Gasteiger partial charge in [-0.05, 0) is 35.4 Å². The summed E-state index contributed by atoms with van der Waals surface area (Å²) >= 11 is -0.0363. The molecule has 0 saturated carbocycles. The van der Waals surface area contributed by atoms with E-state index in [1.165, 1.54) is 24.3 Å². The number of halogens is 2. The van der Waals surface area contributed by atoms with Gasteiger partial charge in [0.05, 0.1) is 17.0 Å². The predicted molar refractivity (Wildman–Crippen MR) is 85.9 cm³/mol. The van der Waals surface area contributed by atoms with E-state index in [0.29, 0.717) is 0 Å². The van der Waals surface area contributed by atoms with Crippen LogP contribution in [0, 0.1) is 5.82 Å². The molecule has 3 aromatic rings. The van der Waals surface area contributed by atoms with Crippen LogP contribution in [-0.2, 0) is 0 Å². The van der Waals surface area contributed by atoms with E-state index >= 15 is 0 Å². The van der Waals surface area contributed by atoms with Crippen molar-refractivity contribution >= 4 is 12.1 Å². The molecule has 0 aliphatic carbocycles. The highest BCUT2D eigenvalue weighted by Gasteiger charge is 2.16. The maximum atomic E-state index is 14.1. The van der Waals surface area contributed by atoms with Gasteiger partial charge >= 0.3 is 0 Å². The van der Waals surface area contributed by atoms with E-state index in [1.807, 2.05) is 30.3 Å². The zero-order valence-corrected chi connectivity index (χ0v) is 12.3. The molecule has 0 amide bonds. The largest absolute Gasteiger partial charge is 0.507 e. The fraction of sp³-hybridized carbons (Fsp3) is 0. The highest BCUT2D eigenvalue weighted by molar-refractivity contribution is 7.94. The Morgan fingerprint density at radius 2 is 1.59 bits per heavy atom. The van der Waals surface area contributed by atoms with E-state index in [0.717, 1.165) is 11.1 Å². The predicted octanol–water partition coefficient (Wildman–Crippen LogP) is 5.84. The molecule has 0 aromatic heterocycles. The van der Waals surface area contributed by atoms with Crippen molar-refractivity contribution in [3.63, 3.8) is 0 Å². The number of aromatic hydroxyl groups is 1. The van der Waals surface area contributed by atoms with Crippen LogP contribution in [0.3, 0.4) is 0 Å². The molecule has 3 aromatic carbocycles. The van der Waals surface area contributed by atoms with E-state index in [1.54, 1.807) is 12.1 Å². The van der Waals surface area contributed by atoms with E-state index < -0.39 is 5.82 Å². The number of benzene rings is 3. The van der Waals surface area contributed by atoms with Crippen molar-refractivity contribution in [2.24, 2.45) is 0 Å². The lowest BCUT2D eigenvalue weighted by molar-refractivity contribution is 0.476. The first-order chi connectivity index (χ1) is 10.7. The lowest BCUT2D eigenvalue weighted by Gasteiger charge is -2.11. The van der Waals surface area contributed by atoms with E-state index in [9.17, 15) is 13.4 Å². The van der Waals surface area contributed by atoms with Crippen LogP contribution >= 0.6 is 12.1 Å². The normalized spacial score (nSPS) is 10.6. The van der Waals surface area contributed by atoms with Crippen LogP contribution in [0.25, 0.3) is 22.3 Å². The average molecular weight is 314 g/mol. The zero-order chi connectivity index (χ0) is 15.5. The summed E-state index contributed by atoms with van der Waals surface area (Å²) in [4.78, 5) is 0.139. The van der Waals surface area contributed by atoms with Crippen LogP contribution < -0.4 is 0 Å². The molecule has 0 aliphatic heterocycles. The highest BCUT2D eigenvalue weighted by atomic mass is 32.2. The zero-order valence-electron chi connectivity index (χ0n) is 11.5. The Morgan fingerprint density at radius 1 is 0.818 bits per heavy atom. The molecule has 0 unspecified atom stereocenters. The molecule has 22 heavy (non-hydrogen) atoms.